The van der Waals surface area contributed by atoms with Gasteiger partial charge in [-0.05, 0) is 24.7 Å². The number of carbonyl (C=O) groups is 2. The highest BCUT2D eigenvalue weighted by atomic mass is 17.1. The van der Waals surface area contributed by atoms with E-state index in [0.29, 0.717) is 12.8 Å². The molecule has 6 heteroatoms. The van der Waals surface area contributed by atoms with Crippen molar-refractivity contribution in [2.24, 2.45) is 11.3 Å². The summed E-state index contributed by atoms with van der Waals surface area (Å²) in [6.45, 7) is 6.01. The molecule has 0 heterocycles. The first-order chi connectivity index (χ1) is 9.38. The summed E-state index contributed by atoms with van der Waals surface area (Å²) in [4.78, 5) is 30.0. The van der Waals surface area contributed by atoms with Gasteiger partial charge in [0.25, 0.3) is 0 Å². The summed E-state index contributed by atoms with van der Waals surface area (Å²) in [6, 6.07) is 0. The zero-order valence-electron chi connectivity index (χ0n) is 12.6. The van der Waals surface area contributed by atoms with Crippen LogP contribution in [0.15, 0.2) is 0 Å². The molecule has 20 heavy (non-hydrogen) atoms. The number of hydrogen-bond donors (Lipinski definition) is 2. The molecule has 0 aromatic carbocycles. The van der Waals surface area contributed by atoms with Gasteiger partial charge in [0.1, 0.15) is 0 Å². The molecule has 0 unspecified atom stereocenters. The molecule has 0 amide bonds. The van der Waals surface area contributed by atoms with Gasteiger partial charge in [0, 0.05) is 6.42 Å². The zero-order valence-corrected chi connectivity index (χ0v) is 12.6. The van der Waals surface area contributed by atoms with Gasteiger partial charge in [0.2, 0.25) is 0 Å². The van der Waals surface area contributed by atoms with Gasteiger partial charge in [0.05, 0.1) is 5.92 Å². The van der Waals surface area contributed by atoms with Crippen LogP contribution in [0.1, 0.15) is 65.7 Å². The van der Waals surface area contributed by atoms with Crippen molar-refractivity contribution in [3.8, 4) is 0 Å². The molecule has 118 valence electrons. The molecule has 0 spiro atoms. The number of unbranched alkanes of at least 4 members (excludes halogenated alkanes) is 2. The van der Waals surface area contributed by atoms with Crippen LogP contribution < -0.4 is 0 Å². The van der Waals surface area contributed by atoms with E-state index in [4.69, 9.17) is 10.5 Å². The van der Waals surface area contributed by atoms with E-state index in [9.17, 15) is 9.59 Å². The minimum Gasteiger partial charge on any atom is -0.301 e. The average molecular weight is 290 g/mol. The molecular weight excluding hydrogens is 264 g/mol. The topological polar surface area (TPSA) is 93.1 Å². The van der Waals surface area contributed by atoms with E-state index in [-0.39, 0.29) is 11.8 Å². The summed E-state index contributed by atoms with van der Waals surface area (Å²) < 4.78 is 0. The van der Waals surface area contributed by atoms with Crippen LogP contribution in [0, 0.1) is 11.3 Å². The summed E-state index contributed by atoms with van der Waals surface area (Å²) in [5.41, 5.74) is -0.321. The number of hydrogen-bond acceptors (Lipinski definition) is 6. The van der Waals surface area contributed by atoms with Crippen LogP contribution in [0.3, 0.4) is 0 Å². The lowest BCUT2D eigenvalue weighted by Gasteiger charge is -2.32. The molecule has 0 saturated heterocycles. The van der Waals surface area contributed by atoms with Crippen LogP contribution >= 0.6 is 0 Å². The standard InChI is InChI=1S/C14H26O6/c1-4-5-6-10-14(2,3)11(13(16)20-18)8-7-9-12(15)19-17/h11,17-18H,4-10H2,1-3H3/t11-/m1/s1. The van der Waals surface area contributed by atoms with Crippen LogP contribution in [0.25, 0.3) is 0 Å². The Morgan fingerprint density at radius 1 is 1.10 bits per heavy atom. The van der Waals surface area contributed by atoms with Gasteiger partial charge >= 0.3 is 11.9 Å². The highest BCUT2D eigenvalue weighted by molar-refractivity contribution is 5.73. The normalized spacial score (nSPS) is 12.8. The number of carbonyl (C=O) groups excluding carboxylic acids is 2. The Kier molecular flexibility index (Phi) is 9.16. The van der Waals surface area contributed by atoms with Crippen molar-refractivity contribution < 1.29 is 29.9 Å². The van der Waals surface area contributed by atoms with Crippen LogP contribution in [-0.2, 0) is 19.4 Å². The molecular formula is C14H26O6. The van der Waals surface area contributed by atoms with Gasteiger partial charge in [0.15, 0.2) is 0 Å². The van der Waals surface area contributed by atoms with Gasteiger partial charge in [-0.25, -0.2) is 9.59 Å². The summed E-state index contributed by atoms with van der Waals surface area (Å²) in [5, 5.41) is 16.8. The lowest BCUT2D eigenvalue weighted by Crippen LogP contribution is -2.32. The molecule has 0 bridgehead atoms. The van der Waals surface area contributed by atoms with E-state index < -0.39 is 17.9 Å². The van der Waals surface area contributed by atoms with E-state index in [0.717, 1.165) is 25.7 Å². The Bertz CT molecular complexity index is 300. The van der Waals surface area contributed by atoms with Gasteiger partial charge in [-0.3, -0.25) is 0 Å². The lowest BCUT2D eigenvalue weighted by atomic mass is 9.73. The SMILES string of the molecule is CCCCCC(C)(C)[C@H](CCCC(=O)OO)C(=O)OO. The second-order valence-corrected chi connectivity index (χ2v) is 5.76. The van der Waals surface area contributed by atoms with Gasteiger partial charge < -0.3 is 9.78 Å². The molecule has 0 radical (unpaired) electrons. The molecule has 0 aromatic rings. The average Bonchev–Trinajstić information content (AvgIpc) is 2.42. The summed E-state index contributed by atoms with van der Waals surface area (Å²) >= 11 is 0. The molecule has 0 rings (SSSR count). The van der Waals surface area contributed by atoms with Crippen molar-refractivity contribution in [1.82, 2.24) is 0 Å². The largest absolute Gasteiger partial charge is 0.345 e. The second kappa shape index (κ2) is 9.72. The minimum absolute atomic E-state index is 0.0246. The van der Waals surface area contributed by atoms with Crippen molar-refractivity contribution in [2.75, 3.05) is 0 Å². The van der Waals surface area contributed by atoms with E-state index >= 15 is 0 Å². The highest BCUT2D eigenvalue weighted by Gasteiger charge is 2.36. The molecule has 6 nitrogen and oxygen atoms in total. The zero-order chi connectivity index (χ0) is 15.6. The minimum atomic E-state index is -0.732. The summed E-state index contributed by atoms with van der Waals surface area (Å²) in [7, 11) is 0. The van der Waals surface area contributed by atoms with E-state index in [1.165, 1.54) is 0 Å². The fraction of sp³-hybridized carbons (Fsp3) is 0.857. The smallest absolute Gasteiger partial charge is 0.301 e. The third-order valence-corrected chi connectivity index (χ3v) is 3.72. The highest BCUT2D eigenvalue weighted by Crippen LogP contribution is 2.36. The fourth-order valence-electron chi connectivity index (χ4n) is 2.39. The van der Waals surface area contributed by atoms with Gasteiger partial charge in [-0.1, -0.05) is 40.0 Å². The number of rotatable bonds is 10. The van der Waals surface area contributed by atoms with Crippen LogP contribution in [-0.4, -0.2) is 22.5 Å². The summed E-state index contributed by atoms with van der Waals surface area (Å²) in [5.74, 6) is -1.90. The van der Waals surface area contributed by atoms with Crippen LogP contribution in [0.5, 0.6) is 0 Å². The van der Waals surface area contributed by atoms with Gasteiger partial charge in [-0.2, -0.15) is 10.5 Å². The van der Waals surface area contributed by atoms with E-state index in [1.54, 1.807) is 0 Å². The third-order valence-electron chi connectivity index (χ3n) is 3.72. The van der Waals surface area contributed by atoms with E-state index in [1.807, 2.05) is 13.8 Å². The summed E-state index contributed by atoms with van der Waals surface area (Å²) in [6.07, 6.45) is 4.82. The fourth-order valence-corrected chi connectivity index (χ4v) is 2.39. The van der Waals surface area contributed by atoms with Crippen molar-refractivity contribution in [3.63, 3.8) is 0 Å². The lowest BCUT2D eigenvalue weighted by molar-refractivity contribution is -0.243. The second-order valence-electron chi connectivity index (χ2n) is 5.76. The van der Waals surface area contributed by atoms with Crippen molar-refractivity contribution in [1.29, 1.82) is 0 Å². The first-order valence-electron chi connectivity index (χ1n) is 7.08. The molecule has 0 aliphatic rings. The Hall–Kier alpha value is -1.14. The monoisotopic (exact) mass is 290 g/mol. The Labute approximate surface area is 119 Å². The molecule has 0 aromatic heterocycles. The maximum Gasteiger partial charge on any atom is 0.345 e. The third kappa shape index (κ3) is 6.86. The first-order valence-corrected chi connectivity index (χ1v) is 7.08. The molecule has 0 aliphatic heterocycles. The van der Waals surface area contributed by atoms with E-state index in [2.05, 4.69) is 16.7 Å². The van der Waals surface area contributed by atoms with Crippen LogP contribution in [0.4, 0.5) is 0 Å². The predicted octanol–water partition coefficient (Wildman–Crippen LogP) is 3.41. The predicted molar refractivity (Wildman–Crippen MR) is 72.7 cm³/mol. The maximum atomic E-state index is 11.7. The molecule has 2 N–H and O–H groups in total. The van der Waals surface area contributed by atoms with Crippen molar-refractivity contribution >= 4 is 11.9 Å². The Morgan fingerprint density at radius 2 is 1.75 bits per heavy atom. The molecule has 0 saturated carbocycles. The van der Waals surface area contributed by atoms with Crippen molar-refractivity contribution in [3.05, 3.63) is 0 Å². The maximum absolute atomic E-state index is 11.7. The Balaban J connectivity index is 4.52. The molecule has 1 atom stereocenters. The quantitative estimate of drug-likeness (QED) is 0.364. The molecule has 0 aliphatic carbocycles. The van der Waals surface area contributed by atoms with Crippen molar-refractivity contribution in [2.45, 2.75) is 65.7 Å². The van der Waals surface area contributed by atoms with Gasteiger partial charge in [-0.15, -0.1) is 0 Å². The molecule has 0 fully saturated rings. The Morgan fingerprint density at radius 3 is 2.25 bits per heavy atom. The first kappa shape index (κ1) is 18.9. The van der Waals surface area contributed by atoms with Crippen LogP contribution in [0.2, 0.25) is 0 Å².